The van der Waals surface area contributed by atoms with E-state index in [4.69, 9.17) is 4.74 Å². The molecular weight excluding hydrogens is 234 g/mol. The van der Waals surface area contributed by atoms with Gasteiger partial charge in [-0.25, -0.2) is 4.79 Å². The zero-order valence-corrected chi connectivity index (χ0v) is 11.5. The van der Waals surface area contributed by atoms with Crippen LogP contribution < -0.4 is 5.32 Å². The quantitative estimate of drug-likeness (QED) is 0.853. The highest BCUT2D eigenvalue weighted by Crippen LogP contribution is 2.14. The third-order valence-electron chi connectivity index (χ3n) is 2.36. The fraction of sp³-hybridized carbons (Fsp3) is 0.667. The molecule has 1 rings (SSSR count). The van der Waals surface area contributed by atoms with Gasteiger partial charge < -0.3 is 15.2 Å². The molecule has 0 aliphatic rings. The van der Waals surface area contributed by atoms with Crippen molar-refractivity contribution in [2.75, 3.05) is 6.61 Å². The second-order valence-corrected chi connectivity index (χ2v) is 5.22. The van der Waals surface area contributed by atoms with Crippen molar-refractivity contribution in [1.82, 2.24) is 15.1 Å². The number of aryl methyl sites for hydroxylation is 2. The highest BCUT2D eigenvalue weighted by Gasteiger charge is 2.21. The lowest BCUT2D eigenvalue weighted by atomic mass is 10.2. The van der Waals surface area contributed by atoms with Crippen LogP contribution in [0.3, 0.4) is 0 Å². The number of carbonyl (C=O) groups is 1. The van der Waals surface area contributed by atoms with E-state index in [0.717, 1.165) is 5.69 Å². The van der Waals surface area contributed by atoms with Gasteiger partial charge in [-0.05, 0) is 33.8 Å². The Morgan fingerprint density at radius 1 is 1.61 bits per heavy atom. The molecule has 1 atom stereocenters. The number of nitrogens with one attached hydrogen (secondary N) is 1. The number of aliphatic hydroxyl groups excluding tert-OH is 1. The first-order valence-electron chi connectivity index (χ1n) is 5.84. The zero-order chi connectivity index (χ0) is 13.9. The number of carbonyl (C=O) groups excluding carboxylic acids is 1. The van der Waals surface area contributed by atoms with Crippen molar-refractivity contribution < 1.29 is 14.6 Å². The third-order valence-corrected chi connectivity index (χ3v) is 2.36. The monoisotopic (exact) mass is 255 g/mol. The molecule has 1 unspecified atom stereocenters. The van der Waals surface area contributed by atoms with Crippen LogP contribution in [-0.2, 0) is 11.8 Å². The van der Waals surface area contributed by atoms with Crippen molar-refractivity contribution in [3.8, 4) is 0 Å². The molecule has 0 saturated heterocycles. The largest absolute Gasteiger partial charge is 0.444 e. The minimum atomic E-state index is -0.565. The summed E-state index contributed by atoms with van der Waals surface area (Å²) in [5.74, 6) is 0. The molecule has 0 spiro atoms. The molecule has 6 nitrogen and oxygen atoms in total. The normalized spacial score (nSPS) is 13.2. The third kappa shape index (κ3) is 4.03. The molecule has 1 amide bonds. The van der Waals surface area contributed by atoms with E-state index in [9.17, 15) is 9.90 Å². The molecule has 0 bridgehead atoms. The van der Waals surface area contributed by atoms with Crippen LogP contribution in [0.4, 0.5) is 4.79 Å². The molecular formula is C12H21N3O3. The van der Waals surface area contributed by atoms with Gasteiger partial charge in [-0.1, -0.05) is 0 Å². The lowest BCUT2D eigenvalue weighted by Gasteiger charge is -2.22. The molecule has 0 aromatic carbocycles. The van der Waals surface area contributed by atoms with Crippen LogP contribution in [0, 0.1) is 6.92 Å². The maximum Gasteiger partial charge on any atom is 0.408 e. The number of alkyl carbamates (subject to hydrolysis) is 1. The summed E-state index contributed by atoms with van der Waals surface area (Å²) in [5, 5.41) is 16.1. The number of nitrogens with zero attached hydrogens (tertiary/aromatic N) is 2. The van der Waals surface area contributed by atoms with E-state index in [1.54, 1.807) is 32.5 Å². The van der Waals surface area contributed by atoms with Gasteiger partial charge in [0.15, 0.2) is 0 Å². The summed E-state index contributed by atoms with van der Waals surface area (Å²) in [5.41, 5.74) is 1.00. The smallest absolute Gasteiger partial charge is 0.408 e. The van der Waals surface area contributed by atoms with Crippen molar-refractivity contribution in [2.45, 2.75) is 39.3 Å². The predicted molar refractivity (Wildman–Crippen MR) is 67.1 cm³/mol. The molecule has 6 heteroatoms. The topological polar surface area (TPSA) is 76.4 Å². The summed E-state index contributed by atoms with van der Waals surface area (Å²) in [4.78, 5) is 11.6. The van der Waals surface area contributed by atoms with E-state index in [1.807, 2.05) is 13.0 Å². The average molecular weight is 255 g/mol. The van der Waals surface area contributed by atoms with Crippen LogP contribution in [-0.4, -0.2) is 33.2 Å². The molecule has 0 aliphatic carbocycles. The van der Waals surface area contributed by atoms with Crippen LogP contribution in [0.2, 0.25) is 0 Å². The lowest BCUT2D eigenvalue weighted by Crippen LogP contribution is -2.36. The van der Waals surface area contributed by atoms with Crippen molar-refractivity contribution in [1.29, 1.82) is 0 Å². The number of hydrogen-bond donors (Lipinski definition) is 2. The summed E-state index contributed by atoms with van der Waals surface area (Å²) in [7, 11) is 1.81. The van der Waals surface area contributed by atoms with Crippen LogP contribution in [0.1, 0.15) is 38.2 Å². The van der Waals surface area contributed by atoms with Gasteiger partial charge in [-0.3, -0.25) is 4.68 Å². The van der Waals surface area contributed by atoms with Gasteiger partial charge >= 0.3 is 6.09 Å². The van der Waals surface area contributed by atoms with Crippen molar-refractivity contribution in [3.05, 3.63) is 17.5 Å². The highest BCUT2D eigenvalue weighted by atomic mass is 16.6. The second-order valence-electron chi connectivity index (χ2n) is 5.22. The summed E-state index contributed by atoms with van der Waals surface area (Å²) >= 11 is 0. The van der Waals surface area contributed by atoms with Gasteiger partial charge in [0.05, 0.1) is 18.3 Å². The van der Waals surface area contributed by atoms with E-state index in [1.165, 1.54) is 0 Å². The lowest BCUT2D eigenvalue weighted by molar-refractivity contribution is 0.0480. The Morgan fingerprint density at radius 3 is 2.61 bits per heavy atom. The molecule has 0 radical (unpaired) electrons. The second kappa shape index (κ2) is 5.39. The van der Waals surface area contributed by atoms with E-state index >= 15 is 0 Å². The molecule has 18 heavy (non-hydrogen) atoms. The van der Waals surface area contributed by atoms with Crippen molar-refractivity contribution in [2.24, 2.45) is 7.05 Å². The standard InChI is InChI=1S/C12H21N3O3/c1-8-6-9(14-15(8)5)10(7-16)13-11(17)18-12(2,3)4/h6,10,16H,7H2,1-5H3,(H,13,17). The SMILES string of the molecule is Cc1cc(C(CO)NC(=O)OC(C)(C)C)nn1C. The molecule has 1 aromatic rings. The van der Waals surface area contributed by atoms with Crippen molar-refractivity contribution in [3.63, 3.8) is 0 Å². The van der Waals surface area contributed by atoms with Crippen molar-refractivity contribution >= 4 is 6.09 Å². The van der Waals surface area contributed by atoms with Crippen LogP contribution in [0.25, 0.3) is 0 Å². The average Bonchev–Trinajstić information content (AvgIpc) is 2.53. The molecule has 2 N–H and O–H groups in total. The van der Waals surface area contributed by atoms with Crippen LogP contribution in [0.15, 0.2) is 6.07 Å². The van der Waals surface area contributed by atoms with Crippen LogP contribution in [0.5, 0.6) is 0 Å². The Kier molecular flexibility index (Phi) is 4.34. The molecule has 1 heterocycles. The van der Waals surface area contributed by atoms with E-state index < -0.39 is 17.7 Å². The summed E-state index contributed by atoms with van der Waals surface area (Å²) in [6.07, 6.45) is -0.565. The summed E-state index contributed by atoms with van der Waals surface area (Å²) in [6.45, 7) is 7.02. The maximum atomic E-state index is 11.6. The molecule has 0 fully saturated rings. The minimum absolute atomic E-state index is 0.226. The van der Waals surface area contributed by atoms with E-state index in [2.05, 4.69) is 10.4 Å². The van der Waals surface area contributed by atoms with Gasteiger partial charge in [0, 0.05) is 12.7 Å². The predicted octanol–water partition coefficient (Wildman–Crippen LogP) is 1.29. The molecule has 1 aromatic heterocycles. The maximum absolute atomic E-state index is 11.6. The first-order valence-corrected chi connectivity index (χ1v) is 5.84. The number of hydrogen-bond acceptors (Lipinski definition) is 4. The van der Waals surface area contributed by atoms with Gasteiger partial charge in [0.1, 0.15) is 5.60 Å². The van der Waals surface area contributed by atoms with E-state index in [0.29, 0.717) is 5.69 Å². The zero-order valence-electron chi connectivity index (χ0n) is 11.5. The Hall–Kier alpha value is -1.56. The fourth-order valence-electron chi connectivity index (χ4n) is 1.42. The van der Waals surface area contributed by atoms with E-state index in [-0.39, 0.29) is 6.61 Å². The molecule has 0 saturated carbocycles. The van der Waals surface area contributed by atoms with Gasteiger partial charge in [0.25, 0.3) is 0 Å². The van der Waals surface area contributed by atoms with Gasteiger partial charge in [-0.2, -0.15) is 5.10 Å². The molecule has 102 valence electrons. The number of amides is 1. The Balaban J connectivity index is 2.71. The Labute approximate surface area is 107 Å². The van der Waals surface area contributed by atoms with Crippen LogP contribution >= 0.6 is 0 Å². The minimum Gasteiger partial charge on any atom is -0.444 e. The number of aliphatic hydroxyl groups is 1. The number of ether oxygens (including phenoxy) is 1. The number of aromatic nitrogens is 2. The number of rotatable bonds is 3. The summed E-state index contributed by atoms with van der Waals surface area (Å²) in [6, 6.07) is 1.26. The first kappa shape index (κ1) is 14.5. The Morgan fingerprint density at radius 2 is 2.22 bits per heavy atom. The Bertz CT molecular complexity index is 401. The molecule has 0 aliphatic heterocycles. The fourth-order valence-corrected chi connectivity index (χ4v) is 1.42. The van der Waals surface area contributed by atoms with Gasteiger partial charge in [-0.15, -0.1) is 0 Å². The highest BCUT2D eigenvalue weighted by molar-refractivity contribution is 5.68. The summed E-state index contributed by atoms with van der Waals surface area (Å²) < 4.78 is 6.82. The van der Waals surface area contributed by atoms with Gasteiger partial charge in [0.2, 0.25) is 0 Å². The first-order chi connectivity index (χ1) is 8.23.